The number of piperidine rings is 1. The first-order valence-electron chi connectivity index (χ1n) is 11.9. The van der Waals surface area contributed by atoms with Crippen molar-refractivity contribution >= 4 is 35.8 Å². The number of amides is 1. The minimum atomic E-state index is -0.0157. The van der Waals surface area contributed by atoms with Crippen LogP contribution in [0.1, 0.15) is 37.5 Å². The molecule has 2 aliphatic rings. The number of furan rings is 1. The first-order valence-corrected chi connectivity index (χ1v) is 11.9. The molecule has 3 rings (SSSR count). The van der Waals surface area contributed by atoms with Crippen molar-refractivity contribution in [1.82, 2.24) is 25.3 Å². The van der Waals surface area contributed by atoms with Crippen LogP contribution in [0.2, 0.25) is 0 Å². The monoisotopic (exact) mass is 576 g/mol. The van der Waals surface area contributed by atoms with Crippen LogP contribution in [-0.4, -0.2) is 106 Å². The van der Waals surface area contributed by atoms with E-state index >= 15 is 0 Å². The zero-order chi connectivity index (χ0) is 22.6. The number of hydrogen-bond acceptors (Lipinski definition) is 6. The van der Waals surface area contributed by atoms with Gasteiger partial charge in [-0.05, 0) is 51.0 Å². The second-order valence-electron chi connectivity index (χ2n) is 8.70. The van der Waals surface area contributed by atoms with Gasteiger partial charge in [0.1, 0.15) is 12.3 Å². The standard InChI is InChI=1S/C23H40N6O3.HI/c1-27(2)22(30)19-26-23(24-9-7-10-28-13-16-31-17-14-28)25-18-20(21-8-6-15-32-21)29-11-4-3-5-12-29;/h6,8,15,20H,3-5,7,9-14,16-19H2,1-2H3,(H2,24,25,26);1H. The van der Waals surface area contributed by atoms with Crippen molar-refractivity contribution in [3.63, 3.8) is 0 Å². The summed E-state index contributed by atoms with van der Waals surface area (Å²) >= 11 is 0. The summed E-state index contributed by atoms with van der Waals surface area (Å²) in [6.45, 7) is 8.42. The molecule has 0 aliphatic carbocycles. The molecule has 188 valence electrons. The fourth-order valence-corrected chi connectivity index (χ4v) is 4.11. The number of ether oxygens (including phenoxy) is 1. The van der Waals surface area contributed by atoms with Crippen LogP contribution in [0.5, 0.6) is 0 Å². The maximum atomic E-state index is 12.1. The number of likely N-dealkylation sites (tertiary alicyclic amines) is 1. The number of guanidine groups is 1. The molecule has 0 saturated carbocycles. The predicted molar refractivity (Wildman–Crippen MR) is 141 cm³/mol. The summed E-state index contributed by atoms with van der Waals surface area (Å²) < 4.78 is 11.2. The number of likely N-dealkylation sites (N-methyl/N-ethyl adjacent to an activating group) is 1. The van der Waals surface area contributed by atoms with Crippen molar-refractivity contribution in [1.29, 1.82) is 0 Å². The highest BCUT2D eigenvalue weighted by molar-refractivity contribution is 14.0. The molecule has 9 nitrogen and oxygen atoms in total. The van der Waals surface area contributed by atoms with Crippen LogP contribution in [-0.2, 0) is 9.53 Å². The zero-order valence-corrected chi connectivity index (χ0v) is 22.5. The SMILES string of the molecule is CN(C)C(=O)CN=C(NCCCN1CCOCC1)NCC(c1ccco1)N1CCCCC1.I. The molecule has 2 N–H and O–H groups in total. The Balaban J connectivity index is 0.00000385. The highest BCUT2D eigenvalue weighted by Gasteiger charge is 2.24. The number of aliphatic imine (C=N–C) groups is 1. The molecule has 0 bridgehead atoms. The lowest BCUT2D eigenvalue weighted by molar-refractivity contribution is -0.127. The molecular weight excluding hydrogens is 535 g/mol. The van der Waals surface area contributed by atoms with Gasteiger partial charge in [0.15, 0.2) is 5.96 Å². The minimum absolute atomic E-state index is 0. The van der Waals surface area contributed by atoms with Crippen LogP contribution in [0.3, 0.4) is 0 Å². The highest BCUT2D eigenvalue weighted by Crippen LogP contribution is 2.24. The first kappa shape index (κ1) is 27.9. The number of carbonyl (C=O) groups is 1. The largest absolute Gasteiger partial charge is 0.468 e. The number of morpholine rings is 1. The van der Waals surface area contributed by atoms with Gasteiger partial charge < -0.3 is 24.7 Å². The van der Waals surface area contributed by atoms with Gasteiger partial charge in [-0.25, -0.2) is 4.99 Å². The summed E-state index contributed by atoms with van der Waals surface area (Å²) in [5.41, 5.74) is 0. The molecule has 3 heterocycles. The van der Waals surface area contributed by atoms with E-state index in [0.717, 1.165) is 64.7 Å². The van der Waals surface area contributed by atoms with Crippen molar-refractivity contribution in [3.05, 3.63) is 24.2 Å². The van der Waals surface area contributed by atoms with Crippen molar-refractivity contribution in [3.8, 4) is 0 Å². The summed E-state index contributed by atoms with van der Waals surface area (Å²) in [5, 5.41) is 6.89. The van der Waals surface area contributed by atoms with Crippen molar-refractivity contribution in [2.75, 3.05) is 79.7 Å². The summed E-state index contributed by atoms with van der Waals surface area (Å²) in [6, 6.07) is 4.14. The number of nitrogens with zero attached hydrogens (tertiary/aromatic N) is 4. The van der Waals surface area contributed by atoms with Gasteiger partial charge in [-0.2, -0.15) is 0 Å². The van der Waals surface area contributed by atoms with Crippen molar-refractivity contribution in [2.24, 2.45) is 4.99 Å². The molecule has 1 unspecified atom stereocenters. The van der Waals surface area contributed by atoms with Crippen LogP contribution < -0.4 is 10.6 Å². The first-order chi connectivity index (χ1) is 15.6. The highest BCUT2D eigenvalue weighted by atomic mass is 127. The Hall–Kier alpha value is -1.37. The van der Waals surface area contributed by atoms with Gasteiger partial charge in [0.05, 0.1) is 25.5 Å². The fraction of sp³-hybridized carbons (Fsp3) is 0.739. The number of rotatable bonds is 10. The van der Waals surface area contributed by atoms with E-state index < -0.39 is 0 Å². The van der Waals surface area contributed by atoms with E-state index in [0.29, 0.717) is 12.5 Å². The Bertz CT molecular complexity index is 688. The third-order valence-electron chi connectivity index (χ3n) is 6.08. The van der Waals surface area contributed by atoms with Crippen LogP contribution in [0.4, 0.5) is 0 Å². The molecule has 2 saturated heterocycles. The fourth-order valence-electron chi connectivity index (χ4n) is 4.11. The Kier molecular flexibility index (Phi) is 13.1. The maximum Gasteiger partial charge on any atom is 0.243 e. The third-order valence-corrected chi connectivity index (χ3v) is 6.08. The summed E-state index contributed by atoms with van der Waals surface area (Å²) in [5.74, 6) is 1.63. The van der Waals surface area contributed by atoms with E-state index in [-0.39, 0.29) is 42.5 Å². The third kappa shape index (κ3) is 9.79. The molecule has 0 spiro atoms. The van der Waals surface area contributed by atoms with Gasteiger partial charge in [-0.1, -0.05) is 6.42 Å². The molecule has 2 aliphatic heterocycles. The van der Waals surface area contributed by atoms with Crippen LogP contribution >= 0.6 is 24.0 Å². The zero-order valence-electron chi connectivity index (χ0n) is 20.1. The number of nitrogens with one attached hydrogen (secondary N) is 2. The molecule has 1 aromatic heterocycles. The quantitative estimate of drug-likeness (QED) is 0.190. The van der Waals surface area contributed by atoms with Crippen LogP contribution in [0, 0.1) is 0 Å². The molecule has 1 amide bonds. The van der Waals surface area contributed by atoms with Crippen LogP contribution in [0.15, 0.2) is 27.8 Å². The average Bonchev–Trinajstić information content (AvgIpc) is 3.35. The molecule has 2 fully saturated rings. The van der Waals surface area contributed by atoms with E-state index in [2.05, 4.69) is 25.4 Å². The Morgan fingerprint density at radius 2 is 1.91 bits per heavy atom. The van der Waals surface area contributed by atoms with Crippen molar-refractivity contribution < 1.29 is 13.9 Å². The number of hydrogen-bond donors (Lipinski definition) is 2. The van der Waals surface area contributed by atoms with Gasteiger partial charge in [0.25, 0.3) is 0 Å². The Labute approximate surface area is 215 Å². The predicted octanol–water partition coefficient (Wildman–Crippen LogP) is 1.77. The summed E-state index contributed by atoms with van der Waals surface area (Å²) in [6.07, 6.45) is 6.47. The number of carbonyl (C=O) groups excluding carboxylic acids is 1. The average molecular weight is 577 g/mol. The van der Waals surface area contributed by atoms with E-state index in [1.165, 1.54) is 19.3 Å². The van der Waals surface area contributed by atoms with E-state index in [4.69, 9.17) is 9.15 Å². The maximum absolute atomic E-state index is 12.1. The lowest BCUT2D eigenvalue weighted by Gasteiger charge is -2.33. The van der Waals surface area contributed by atoms with E-state index in [9.17, 15) is 4.79 Å². The lowest BCUT2D eigenvalue weighted by atomic mass is 10.1. The minimum Gasteiger partial charge on any atom is -0.468 e. The summed E-state index contributed by atoms with van der Waals surface area (Å²) in [7, 11) is 3.51. The van der Waals surface area contributed by atoms with E-state index in [1.807, 2.05) is 12.1 Å². The van der Waals surface area contributed by atoms with Crippen LogP contribution in [0.25, 0.3) is 0 Å². The van der Waals surface area contributed by atoms with Crippen molar-refractivity contribution in [2.45, 2.75) is 31.7 Å². The normalized spacial score (nSPS) is 18.9. The van der Waals surface area contributed by atoms with Gasteiger partial charge in [-0.15, -0.1) is 24.0 Å². The molecule has 10 heteroatoms. The second kappa shape index (κ2) is 15.5. The molecule has 0 aromatic carbocycles. The Morgan fingerprint density at radius 1 is 1.15 bits per heavy atom. The molecule has 33 heavy (non-hydrogen) atoms. The smallest absolute Gasteiger partial charge is 0.243 e. The van der Waals surface area contributed by atoms with Gasteiger partial charge in [0.2, 0.25) is 5.91 Å². The van der Waals surface area contributed by atoms with Gasteiger partial charge >= 0.3 is 0 Å². The molecule has 1 atom stereocenters. The second-order valence-corrected chi connectivity index (χ2v) is 8.70. The summed E-state index contributed by atoms with van der Waals surface area (Å²) in [4.78, 5) is 23.1. The van der Waals surface area contributed by atoms with Gasteiger partial charge in [-0.3, -0.25) is 14.6 Å². The molecular formula is C23H41IN6O3. The lowest BCUT2D eigenvalue weighted by Crippen LogP contribution is -2.45. The molecule has 1 aromatic rings. The van der Waals surface area contributed by atoms with Gasteiger partial charge in [0, 0.05) is 40.3 Å². The topological polar surface area (TPSA) is 85.6 Å². The Morgan fingerprint density at radius 3 is 2.58 bits per heavy atom. The van der Waals surface area contributed by atoms with E-state index in [1.54, 1.807) is 25.3 Å². The molecule has 0 radical (unpaired) electrons. The number of halogens is 1.